The summed E-state index contributed by atoms with van der Waals surface area (Å²) in [6.45, 7) is 1.96. The molecule has 1 aliphatic carbocycles. The Morgan fingerprint density at radius 2 is 2.41 bits per heavy atom. The molecule has 3 nitrogen and oxygen atoms in total. The second-order valence-electron chi connectivity index (χ2n) is 4.92. The molecule has 2 unspecified atom stereocenters. The molecule has 5 heteroatoms. The highest BCUT2D eigenvalue weighted by molar-refractivity contribution is 7.99. The van der Waals surface area contributed by atoms with Crippen molar-refractivity contribution >= 4 is 23.3 Å². The lowest BCUT2D eigenvalue weighted by Crippen LogP contribution is -2.38. The van der Waals surface area contributed by atoms with Crippen LogP contribution in [0, 0.1) is 11.3 Å². The van der Waals surface area contributed by atoms with Crippen LogP contribution in [0.3, 0.4) is 0 Å². The highest BCUT2D eigenvalue weighted by atomic mass is 32.2. The summed E-state index contributed by atoms with van der Waals surface area (Å²) in [6, 6.07) is 0. The van der Waals surface area contributed by atoms with Gasteiger partial charge in [-0.1, -0.05) is 0 Å². The summed E-state index contributed by atoms with van der Waals surface area (Å²) >= 11 is 1.74. The molecule has 3 N–H and O–H groups in total. The lowest BCUT2D eigenvalue weighted by molar-refractivity contribution is 0.289. The van der Waals surface area contributed by atoms with Crippen LogP contribution in [-0.4, -0.2) is 28.6 Å². The summed E-state index contributed by atoms with van der Waals surface area (Å²) in [5.41, 5.74) is 5.93. The standard InChI is InChI=1S/C12H18FN3S/c1-12(4-5-17-7-11(15)16-12)9-6-8(14)2-3-10(9)13/h3,9,14H,2,4-7H2,1H3,(H2,15,16). The number of rotatable bonds is 1. The maximum Gasteiger partial charge on any atom is 0.104 e. The van der Waals surface area contributed by atoms with E-state index in [1.54, 1.807) is 11.8 Å². The van der Waals surface area contributed by atoms with Gasteiger partial charge in [0.05, 0.1) is 11.3 Å². The summed E-state index contributed by atoms with van der Waals surface area (Å²) < 4.78 is 14.0. The third-order valence-electron chi connectivity index (χ3n) is 3.48. The molecule has 0 fully saturated rings. The van der Waals surface area contributed by atoms with Crippen LogP contribution >= 0.6 is 11.8 Å². The second-order valence-corrected chi connectivity index (χ2v) is 6.02. The Morgan fingerprint density at radius 1 is 1.65 bits per heavy atom. The average molecular weight is 255 g/mol. The molecule has 2 rings (SSSR count). The lowest BCUT2D eigenvalue weighted by Gasteiger charge is -2.35. The molecule has 2 atom stereocenters. The molecule has 1 aliphatic heterocycles. The van der Waals surface area contributed by atoms with E-state index in [1.165, 1.54) is 6.08 Å². The van der Waals surface area contributed by atoms with Crippen molar-refractivity contribution in [2.45, 2.75) is 31.7 Å². The molecule has 0 saturated carbocycles. The highest BCUT2D eigenvalue weighted by Crippen LogP contribution is 2.39. The number of aliphatic imine (C=N–C) groups is 1. The zero-order valence-corrected chi connectivity index (χ0v) is 10.8. The number of thioether (sulfide) groups is 1. The van der Waals surface area contributed by atoms with Crippen molar-refractivity contribution in [2.24, 2.45) is 16.6 Å². The van der Waals surface area contributed by atoms with Gasteiger partial charge in [0.1, 0.15) is 11.7 Å². The molecule has 94 valence electrons. The third kappa shape index (κ3) is 2.70. The van der Waals surface area contributed by atoms with E-state index in [9.17, 15) is 4.39 Å². The van der Waals surface area contributed by atoms with E-state index < -0.39 is 5.54 Å². The maximum atomic E-state index is 14.0. The number of halogens is 1. The topological polar surface area (TPSA) is 62.2 Å². The monoisotopic (exact) mass is 255 g/mol. The van der Waals surface area contributed by atoms with Crippen molar-refractivity contribution < 1.29 is 4.39 Å². The van der Waals surface area contributed by atoms with Crippen molar-refractivity contribution in [3.8, 4) is 0 Å². The average Bonchev–Trinajstić information content (AvgIpc) is 2.44. The minimum atomic E-state index is -0.485. The van der Waals surface area contributed by atoms with Gasteiger partial charge in [-0.05, 0) is 31.6 Å². The summed E-state index contributed by atoms with van der Waals surface area (Å²) in [4.78, 5) is 4.51. The van der Waals surface area contributed by atoms with Crippen LogP contribution in [0.1, 0.15) is 26.2 Å². The van der Waals surface area contributed by atoms with Crippen molar-refractivity contribution in [3.63, 3.8) is 0 Å². The zero-order valence-electron chi connectivity index (χ0n) is 10.0. The van der Waals surface area contributed by atoms with Gasteiger partial charge in [0.25, 0.3) is 0 Å². The van der Waals surface area contributed by atoms with Crippen LogP contribution in [0.15, 0.2) is 16.9 Å². The summed E-state index contributed by atoms with van der Waals surface area (Å²) in [5, 5.41) is 7.72. The van der Waals surface area contributed by atoms with E-state index in [0.29, 0.717) is 24.4 Å². The first-order valence-electron chi connectivity index (χ1n) is 5.85. The second kappa shape index (κ2) is 4.80. The molecule has 0 aromatic rings. The fraction of sp³-hybridized carbons (Fsp3) is 0.667. The van der Waals surface area contributed by atoms with E-state index in [0.717, 1.165) is 17.9 Å². The predicted octanol–water partition coefficient (Wildman–Crippen LogP) is 2.52. The van der Waals surface area contributed by atoms with Crippen LogP contribution < -0.4 is 5.73 Å². The largest absolute Gasteiger partial charge is 0.387 e. The van der Waals surface area contributed by atoms with Crippen molar-refractivity contribution in [3.05, 3.63) is 11.9 Å². The molecule has 0 aromatic heterocycles. The SMILES string of the molecule is CC1(C2CC(=N)CC=C2F)CCSCC(N)=N1. The molecule has 1 heterocycles. The quantitative estimate of drug-likeness (QED) is 0.756. The molecular formula is C12H18FN3S. The molecule has 0 spiro atoms. The van der Waals surface area contributed by atoms with E-state index in [1.807, 2.05) is 6.92 Å². The number of amidine groups is 1. The minimum absolute atomic E-state index is 0.119. The van der Waals surface area contributed by atoms with Gasteiger partial charge in [-0.15, -0.1) is 0 Å². The number of hydrogen-bond donors (Lipinski definition) is 2. The van der Waals surface area contributed by atoms with Gasteiger partial charge in [-0.3, -0.25) is 4.99 Å². The van der Waals surface area contributed by atoms with Crippen molar-refractivity contribution in [1.82, 2.24) is 0 Å². The molecule has 2 aliphatic rings. The van der Waals surface area contributed by atoms with Gasteiger partial charge >= 0.3 is 0 Å². The van der Waals surface area contributed by atoms with Gasteiger partial charge in [0, 0.05) is 18.1 Å². The van der Waals surface area contributed by atoms with Gasteiger partial charge in [0.15, 0.2) is 0 Å². The number of allylic oxidation sites excluding steroid dienone is 1. The Morgan fingerprint density at radius 3 is 3.18 bits per heavy atom. The number of hydrogen-bond acceptors (Lipinski definition) is 4. The first kappa shape index (κ1) is 12.6. The fourth-order valence-electron chi connectivity index (χ4n) is 2.43. The highest BCUT2D eigenvalue weighted by Gasteiger charge is 2.39. The van der Waals surface area contributed by atoms with Gasteiger partial charge in [-0.25, -0.2) is 4.39 Å². The number of nitrogens with one attached hydrogen (secondary N) is 1. The molecular weight excluding hydrogens is 237 g/mol. The molecule has 0 radical (unpaired) electrons. The molecule has 0 saturated heterocycles. The molecule has 0 amide bonds. The van der Waals surface area contributed by atoms with Crippen molar-refractivity contribution in [1.29, 1.82) is 5.41 Å². The van der Waals surface area contributed by atoms with E-state index in [-0.39, 0.29) is 11.7 Å². The van der Waals surface area contributed by atoms with Gasteiger partial charge < -0.3 is 11.1 Å². The Balaban J connectivity index is 2.30. The Bertz CT molecular complexity index is 391. The first-order chi connectivity index (χ1) is 8.01. The summed E-state index contributed by atoms with van der Waals surface area (Å²) in [5.74, 6) is 1.84. The van der Waals surface area contributed by atoms with Gasteiger partial charge in [0.2, 0.25) is 0 Å². The molecule has 0 bridgehead atoms. The lowest BCUT2D eigenvalue weighted by atomic mass is 9.76. The van der Waals surface area contributed by atoms with E-state index in [4.69, 9.17) is 11.1 Å². The van der Waals surface area contributed by atoms with Crippen LogP contribution in [0.5, 0.6) is 0 Å². The Labute approximate surface area is 105 Å². The Hall–Kier alpha value is -0.840. The number of nitrogens with zero attached hydrogens (tertiary/aromatic N) is 1. The van der Waals surface area contributed by atoms with Crippen molar-refractivity contribution in [2.75, 3.05) is 11.5 Å². The maximum absolute atomic E-state index is 14.0. The van der Waals surface area contributed by atoms with E-state index in [2.05, 4.69) is 4.99 Å². The Kier molecular flexibility index (Phi) is 3.56. The van der Waals surface area contributed by atoms with Crippen LogP contribution in [0.4, 0.5) is 4.39 Å². The predicted molar refractivity (Wildman–Crippen MR) is 71.6 cm³/mol. The smallest absolute Gasteiger partial charge is 0.104 e. The number of nitrogens with two attached hydrogens (primary N) is 1. The molecule has 0 aromatic carbocycles. The summed E-state index contributed by atoms with van der Waals surface area (Å²) in [6.07, 6.45) is 3.25. The zero-order chi connectivity index (χ0) is 12.5. The van der Waals surface area contributed by atoms with Crippen LogP contribution in [0.2, 0.25) is 0 Å². The summed E-state index contributed by atoms with van der Waals surface area (Å²) in [7, 11) is 0. The van der Waals surface area contributed by atoms with Crippen LogP contribution in [-0.2, 0) is 0 Å². The first-order valence-corrected chi connectivity index (χ1v) is 7.00. The normalized spacial score (nSPS) is 34.9. The van der Waals surface area contributed by atoms with Crippen LogP contribution in [0.25, 0.3) is 0 Å². The fourth-order valence-corrected chi connectivity index (χ4v) is 3.41. The third-order valence-corrected chi connectivity index (χ3v) is 4.47. The molecule has 17 heavy (non-hydrogen) atoms. The van der Waals surface area contributed by atoms with Gasteiger partial charge in [-0.2, -0.15) is 11.8 Å². The minimum Gasteiger partial charge on any atom is -0.387 e. The van der Waals surface area contributed by atoms with E-state index >= 15 is 0 Å².